The van der Waals surface area contributed by atoms with Crippen molar-refractivity contribution in [1.82, 2.24) is 9.78 Å². The van der Waals surface area contributed by atoms with Crippen molar-refractivity contribution < 1.29 is 0 Å². The average Bonchev–Trinajstić information content (AvgIpc) is 2.77. The second kappa shape index (κ2) is 4.64. The number of nitrogen functional groups attached to an aromatic ring is 1. The van der Waals surface area contributed by atoms with Gasteiger partial charge in [0.25, 0.3) is 0 Å². The maximum Gasteiger partial charge on any atom is 0.124 e. The van der Waals surface area contributed by atoms with Gasteiger partial charge in [-0.3, -0.25) is 5.41 Å². The molecule has 0 aliphatic rings. The maximum atomic E-state index is 7.65. The molecule has 18 heavy (non-hydrogen) atoms. The summed E-state index contributed by atoms with van der Waals surface area (Å²) in [6, 6.07) is 7.75. The molecule has 4 heteroatoms. The summed E-state index contributed by atoms with van der Waals surface area (Å²) >= 11 is 0. The van der Waals surface area contributed by atoms with E-state index < -0.39 is 0 Å². The molecular formula is C14H18N4. The minimum absolute atomic E-state index is 0.0651. The van der Waals surface area contributed by atoms with Crippen LogP contribution in [0.3, 0.4) is 0 Å². The van der Waals surface area contributed by atoms with Gasteiger partial charge < -0.3 is 5.73 Å². The zero-order valence-electron chi connectivity index (χ0n) is 10.9. The lowest BCUT2D eigenvalue weighted by molar-refractivity contribution is 0.765. The van der Waals surface area contributed by atoms with E-state index in [1.165, 1.54) is 0 Å². The molecule has 4 nitrogen and oxygen atoms in total. The van der Waals surface area contributed by atoms with Crippen LogP contribution in [0.5, 0.6) is 0 Å². The van der Waals surface area contributed by atoms with Crippen molar-refractivity contribution in [3.63, 3.8) is 0 Å². The molecule has 1 heterocycles. The molecular weight excluding hydrogens is 224 g/mol. The molecule has 0 fully saturated rings. The fourth-order valence-electron chi connectivity index (χ4n) is 1.95. The highest BCUT2D eigenvalue weighted by molar-refractivity contribution is 5.98. The molecule has 94 valence electrons. The molecule has 0 bridgehead atoms. The zero-order valence-corrected chi connectivity index (χ0v) is 10.9. The molecule has 0 saturated heterocycles. The highest BCUT2D eigenvalue weighted by atomic mass is 15.3. The van der Waals surface area contributed by atoms with Crippen LogP contribution in [0, 0.1) is 12.3 Å². The van der Waals surface area contributed by atoms with E-state index in [4.69, 9.17) is 11.1 Å². The first-order valence-corrected chi connectivity index (χ1v) is 6.00. The first-order valence-electron chi connectivity index (χ1n) is 6.00. The molecule has 0 saturated carbocycles. The van der Waals surface area contributed by atoms with Crippen LogP contribution < -0.4 is 5.73 Å². The van der Waals surface area contributed by atoms with Crippen molar-refractivity contribution in [2.75, 3.05) is 0 Å². The number of hydrogen-bond acceptors (Lipinski definition) is 2. The van der Waals surface area contributed by atoms with Gasteiger partial charge in [0, 0.05) is 11.8 Å². The predicted molar refractivity (Wildman–Crippen MR) is 73.4 cm³/mol. The summed E-state index contributed by atoms with van der Waals surface area (Å²) in [5.74, 6) is 0.450. The van der Waals surface area contributed by atoms with Crippen LogP contribution in [0.15, 0.2) is 30.5 Å². The van der Waals surface area contributed by atoms with Gasteiger partial charge in [0.05, 0.1) is 11.4 Å². The molecule has 2 aromatic rings. The quantitative estimate of drug-likeness (QED) is 0.641. The van der Waals surface area contributed by atoms with Gasteiger partial charge in [-0.2, -0.15) is 5.10 Å². The van der Waals surface area contributed by atoms with Crippen molar-refractivity contribution in [1.29, 1.82) is 5.41 Å². The standard InChI is InChI=1S/C14H18N4/c1-9(2)12-7-8-18(17-12)13-10(3)5-4-6-11(13)14(15)16/h4-9H,1-3H3,(H3,15,16). The molecule has 0 spiro atoms. The van der Waals surface area contributed by atoms with E-state index in [-0.39, 0.29) is 5.84 Å². The molecule has 0 unspecified atom stereocenters. The average molecular weight is 242 g/mol. The molecule has 0 aliphatic heterocycles. The number of aryl methyl sites for hydroxylation is 1. The summed E-state index contributed by atoms with van der Waals surface area (Å²) in [6.07, 6.45) is 1.92. The minimum Gasteiger partial charge on any atom is -0.384 e. The second-order valence-corrected chi connectivity index (χ2v) is 4.72. The van der Waals surface area contributed by atoms with Crippen LogP contribution in [-0.4, -0.2) is 15.6 Å². The van der Waals surface area contributed by atoms with Crippen LogP contribution >= 0.6 is 0 Å². The third-order valence-corrected chi connectivity index (χ3v) is 2.96. The Kier molecular flexibility index (Phi) is 3.19. The molecule has 0 atom stereocenters. The zero-order chi connectivity index (χ0) is 13.3. The highest BCUT2D eigenvalue weighted by Crippen LogP contribution is 2.20. The summed E-state index contributed by atoms with van der Waals surface area (Å²) in [5, 5.41) is 12.2. The number of nitrogens with one attached hydrogen (secondary N) is 1. The van der Waals surface area contributed by atoms with Gasteiger partial charge in [-0.1, -0.05) is 26.0 Å². The van der Waals surface area contributed by atoms with Crippen LogP contribution in [0.4, 0.5) is 0 Å². The largest absolute Gasteiger partial charge is 0.384 e. The number of rotatable bonds is 3. The van der Waals surface area contributed by atoms with Crippen LogP contribution in [0.2, 0.25) is 0 Å². The van der Waals surface area contributed by atoms with E-state index in [2.05, 4.69) is 18.9 Å². The van der Waals surface area contributed by atoms with Crippen molar-refractivity contribution in [2.45, 2.75) is 26.7 Å². The monoisotopic (exact) mass is 242 g/mol. The van der Waals surface area contributed by atoms with E-state index in [1.807, 2.05) is 37.4 Å². The number of aromatic nitrogens is 2. The second-order valence-electron chi connectivity index (χ2n) is 4.72. The number of para-hydroxylation sites is 1. The molecule has 3 N–H and O–H groups in total. The van der Waals surface area contributed by atoms with Crippen LogP contribution in [-0.2, 0) is 0 Å². The molecule has 1 aromatic heterocycles. The van der Waals surface area contributed by atoms with Crippen molar-refractivity contribution in [3.05, 3.63) is 47.3 Å². The summed E-state index contributed by atoms with van der Waals surface area (Å²) in [5.41, 5.74) is 9.32. The summed E-state index contributed by atoms with van der Waals surface area (Å²) in [6.45, 7) is 6.21. The van der Waals surface area contributed by atoms with Crippen molar-refractivity contribution in [2.24, 2.45) is 5.73 Å². The molecule has 2 rings (SSSR count). The fourth-order valence-corrected chi connectivity index (χ4v) is 1.95. The number of nitrogens with two attached hydrogens (primary N) is 1. The fraction of sp³-hybridized carbons (Fsp3) is 0.286. The SMILES string of the molecule is Cc1cccc(C(=N)N)c1-n1ccc(C(C)C)n1. The summed E-state index contributed by atoms with van der Waals surface area (Å²) in [7, 11) is 0. The van der Waals surface area contributed by atoms with Gasteiger partial charge in [0.15, 0.2) is 0 Å². The number of hydrogen-bond donors (Lipinski definition) is 2. The van der Waals surface area contributed by atoms with Crippen molar-refractivity contribution >= 4 is 5.84 Å². The summed E-state index contributed by atoms with van der Waals surface area (Å²) in [4.78, 5) is 0. The molecule has 0 radical (unpaired) electrons. The Labute approximate surface area is 107 Å². The Morgan fingerprint density at radius 2 is 2.06 bits per heavy atom. The lowest BCUT2D eigenvalue weighted by Crippen LogP contribution is -2.16. The number of benzene rings is 1. The highest BCUT2D eigenvalue weighted by Gasteiger charge is 2.12. The lowest BCUT2D eigenvalue weighted by atomic mass is 10.1. The third kappa shape index (κ3) is 2.14. The van der Waals surface area contributed by atoms with Crippen molar-refractivity contribution in [3.8, 4) is 5.69 Å². The number of amidine groups is 1. The van der Waals surface area contributed by atoms with Gasteiger partial charge in [-0.15, -0.1) is 0 Å². The lowest BCUT2D eigenvalue weighted by Gasteiger charge is -2.11. The molecule has 1 aromatic carbocycles. The van der Waals surface area contributed by atoms with E-state index >= 15 is 0 Å². The summed E-state index contributed by atoms with van der Waals surface area (Å²) < 4.78 is 1.81. The van der Waals surface area contributed by atoms with E-state index in [9.17, 15) is 0 Å². The van der Waals surface area contributed by atoms with Crippen LogP contribution in [0.25, 0.3) is 5.69 Å². The van der Waals surface area contributed by atoms with E-state index in [0.717, 1.165) is 16.9 Å². The van der Waals surface area contributed by atoms with E-state index in [1.54, 1.807) is 4.68 Å². The van der Waals surface area contributed by atoms with E-state index in [0.29, 0.717) is 11.5 Å². The Hall–Kier alpha value is -2.10. The van der Waals surface area contributed by atoms with Gasteiger partial charge in [-0.25, -0.2) is 4.68 Å². The van der Waals surface area contributed by atoms with Crippen LogP contribution in [0.1, 0.15) is 36.6 Å². The Morgan fingerprint density at radius 1 is 1.33 bits per heavy atom. The third-order valence-electron chi connectivity index (χ3n) is 2.96. The smallest absolute Gasteiger partial charge is 0.124 e. The Balaban J connectivity index is 2.58. The number of nitrogens with zero attached hydrogens (tertiary/aromatic N) is 2. The first-order chi connectivity index (χ1) is 8.50. The molecule has 0 aliphatic carbocycles. The Morgan fingerprint density at radius 3 is 2.61 bits per heavy atom. The minimum atomic E-state index is 0.0651. The Bertz CT molecular complexity index is 581. The predicted octanol–water partition coefficient (Wildman–Crippen LogP) is 2.59. The van der Waals surface area contributed by atoms with Gasteiger partial charge >= 0.3 is 0 Å². The normalized spacial score (nSPS) is 10.9. The first kappa shape index (κ1) is 12.4. The van der Waals surface area contributed by atoms with Gasteiger partial charge in [-0.05, 0) is 30.5 Å². The topological polar surface area (TPSA) is 67.7 Å². The molecule has 0 amide bonds. The van der Waals surface area contributed by atoms with Gasteiger partial charge in [0.1, 0.15) is 5.84 Å². The maximum absolute atomic E-state index is 7.65. The van der Waals surface area contributed by atoms with Gasteiger partial charge in [0.2, 0.25) is 0 Å².